The fourth-order valence-electron chi connectivity index (χ4n) is 1.84. The minimum absolute atomic E-state index is 0.203. The lowest BCUT2D eigenvalue weighted by atomic mass is 10.0. The molecule has 1 unspecified atom stereocenters. The van der Waals surface area contributed by atoms with Gasteiger partial charge in [0.25, 0.3) is 5.92 Å². The Morgan fingerprint density at radius 3 is 2.42 bits per heavy atom. The van der Waals surface area contributed by atoms with Gasteiger partial charge in [0.15, 0.2) is 0 Å². The molecule has 1 heterocycles. The highest BCUT2D eigenvalue weighted by Gasteiger charge is 2.41. The number of halogens is 2. The van der Waals surface area contributed by atoms with Gasteiger partial charge in [-0.05, 0) is 20.8 Å². The summed E-state index contributed by atoms with van der Waals surface area (Å²) in [4.78, 5) is 23.8. The van der Waals surface area contributed by atoms with Crippen LogP contribution in [-0.4, -0.2) is 46.7 Å². The molecule has 5 nitrogen and oxygen atoms in total. The molecule has 1 N–H and O–H groups in total. The van der Waals surface area contributed by atoms with Gasteiger partial charge >= 0.3 is 12.1 Å². The van der Waals surface area contributed by atoms with Gasteiger partial charge in [-0.15, -0.1) is 0 Å². The SMILES string of the molecule is CC(C)(C)OC(=O)N1CCC(F)(F)CC(C(=O)O)C1. The van der Waals surface area contributed by atoms with E-state index in [2.05, 4.69) is 0 Å². The van der Waals surface area contributed by atoms with Crippen LogP contribution < -0.4 is 0 Å². The number of ether oxygens (including phenoxy) is 1. The third kappa shape index (κ3) is 5.00. The number of likely N-dealkylation sites (tertiary alicyclic amines) is 1. The highest BCUT2D eigenvalue weighted by atomic mass is 19.3. The molecule has 7 heteroatoms. The first-order chi connectivity index (χ1) is 8.50. The monoisotopic (exact) mass is 279 g/mol. The number of carboxylic acid groups (broad SMARTS) is 1. The van der Waals surface area contributed by atoms with Crippen molar-refractivity contribution in [3.63, 3.8) is 0 Å². The molecule has 1 fully saturated rings. The van der Waals surface area contributed by atoms with Crippen LogP contribution in [0.4, 0.5) is 13.6 Å². The minimum atomic E-state index is -3.07. The highest BCUT2D eigenvalue weighted by Crippen LogP contribution is 2.31. The fourth-order valence-corrected chi connectivity index (χ4v) is 1.84. The van der Waals surface area contributed by atoms with E-state index >= 15 is 0 Å². The second kappa shape index (κ2) is 5.30. The van der Waals surface area contributed by atoms with E-state index in [0.29, 0.717) is 0 Å². The number of carbonyl (C=O) groups excluding carboxylic acids is 1. The molecule has 0 radical (unpaired) electrons. The van der Waals surface area contributed by atoms with Crippen molar-refractivity contribution in [1.82, 2.24) is 4.90 Å². The van der Waals surface area contributed by atoms with E-state index in [1.807, 2.05) is 0 Å². The third-order valence-corrected chi connectivity index (χ3v) is 2.73. The quantitative estimate of drug-likeness (QED) is 0.800. The lowest BCUT2D eigenvalue weighted by molar-refractivity contribution is -0.145. The number of amides is 1. The van der Waals surface area contributed by atoms with Crippen LogP contribution in [0.15, 0.2) is 0 Å². The number of hydrogen-bond donors (Lipinski definition) is 1. The summed E-state index contributed by atoms with van der Waals surface area (Å²) in [6, 6.07) is 0. The Balaban J connectivity index is 2.79. The number of carbonyl (C=O) groups is 2. The first-order valence-electron chi connectivity index (χ1n) is 6.09. The van der Waals surface area contributed by atoms with Crippen LogP contribution in [0.3, 0.4) is 0 Å². The van der Waals surface area contributed by atoms with Gasteiger partial charge in [0.2, 0.25) is 0 Å². The Kier molecular flexibility index (Phi) is 4.37. The normalized spacial score (nSPS) is 23.6. The topological polar surface area (TPSA) is 66.8 Å². The Morgan fingerprint density at radius 1 is 1.37 bits per heavy atom. The summed E-state index contributed by atoms with van der Waals surface area (Å²) in [6.07, 6.45) is -2.05. The van der Waals surface area contributed by atoms with Crippen LogP contribution in [-0.2, 0) is 9.53 Å². The van der Waals surface area contributed by atoms with Crippen LogP contribution in [0, 0.1) is 5.92 Å². The number of hydrogen-bond acceptors (Lipinski definition) is 3. The van der Waals surface area contributed by atoms with E-state index in [0.717, 1.165) is 4.90 Å². The predicted octanol–water partition coefficient (Wildman–Crippen LogP) is 2.35. The molecule has 1 aliphatic heterocycles. The molecule has 0 aromatic rings. The first kappa shape index (κ1) is 15.7. The van der Waals surface area contributed by atoms with Crippen molar-refractivity contribution in [2.45, 2.75) is 45.1 Å². The summed E-state index contributed by atoms with van der Waals surface area (Å²) in [5, 5.41) is 8.92. The standard InChI is InChI=1S/C12H19F2NO4/c1-11(2,3)19-10(18)15-5-4-12(13,14)6-8(7-15)9(16)17/h8H,4-7H2,1-3H3,(H,16,17). The number of alkyl halides is 2. The van der Waals surface area contributed by atoms with Gasteiger partial charge in [0.1, 0.15) is 5.60 Å². The molecule has 0 bridgehead atoms. The zero-order valence-electron chi connectivity index (χ0n) is 11.3. The Hall–Kier alpha value is -1.40. The number of aliphatic carboxylic acids is 1. The fraction of sp³-hybridized carbons (Fsp3) is 0.833. The predicted molar refractivity (Wildman–Crippen MR) is 63.1 cm³/mol. The molecule has 1 aliphatic rings. The smallest absolute Gasteiger partial charge is 0.410 e. The maximum atomic E-state index is 13.4. The lowest BCUT2D eigenvalue weighted by Crippen LogP contribution is -2.40. The Bertz CT molecular complexity index is 365. The molecule has 0 aliphatic carbocycles. The van der Waals surface area contributed by atoms with Crippen LogP contribution in [0.5, 0.6) is 0 Å². The average Bonchev–Trinajstić information content (AvgIpc) is 2.34. The van der Waals surface area contributed by atoms with Gasteiger partial charge < -0.3 is 14.7 Å². The molecule has 1 rings (SSSR count). The van der Waals surface area contributed by atoms with Crippen LogP contribution in [0.2, 0.25) is 0 Å². The van der Waals surface area contributed by atoms with Gasteiger partial charge in [-0.3, -0.25) is 4.79 Å². The van der Waals surface area contributed by atoms with Gasteiger partial charge in [0.05, 0.1) is 5.92 Å². The van der Waals surface area contributed by atoms with E-state index in [1.54, 1.807) is 20.8 Å². The molecule has 0 aromatic heterocycles. The molecule has 0 saturated carbocycles. The van der Waals surface area contributed by atoms with Crippen molar-refractivity contribution in [2.75, 3.05) is 13.1 Å². The van der Waals surface area contributed by atoms with E-state index in [-0.39, 0.29) is 13.1 Å². The molecule has 0 aromatic carbocycles. The molecule has 19 heavy (non-hydrogen) atoms. The number of rotatable bonds is 1. The second-order valence-corrected chi connectivity index (χ2v) is 5.77. The summed E-state index contributed by atoms with van der Waals surface area (Å²) >= 11 is 0. The first-order valence-corrected chi connectivity index (χ1v) is 6.09. The summed E-state index contributed by atoms with van der Waals surface area (Å²) < 4.78 is 31.9. The maximum Gasteiger partial charge on any atom is 0.410 e. The average molecular weight is 279 g/mol. The van der Waals surface area contributed by atoms with E-state index in [9.17, 15) is 18.4 Å². The van der Waals surface area contributed by atoms with Crippen molar-refractivity contribution in [1.29, 1.82) is 0 Å². The summed E-state index contributed by atoms with van der Waals surface area (Å²) in [6.45, 7) is 4.52. The minimum Gasteiger partial charge on any atom is -0.481 e. The van der Waals surface area contributed by atoms with E-state index in [1.165, 1.54) is 0 Å². The van der Waals surface area contributed by atoms with Gasteiger partial charge in [-0.25, -0.2) is 13.6 Å². The molecular formula is C12H19F2NO4. The lowest BCUT2D eigenvalue weighted by Gasteiger charge is -2.27. The second-order valence-electron chi connectivity index (χ2n) is 5.77. The number of carboxylic acids is 1. The summed E-state index contributed by atoms with van der Waals surface area (Å²) in [7, 11) is 0. The molecular weight excluding hydrogens is 260 g/mol. The van der Waals surface area contributed by atoms with Gasteiger partial charge in [0, 0.05) is 25.9 Å². The van der Waals surface area contributed by atoms with Crippen molar-refractivity contribution in [3.05, 3.63) is 0 Å². The molecule has 1 saturated heterocycles. The molecule has 0 spiro atoms. The van der Waals surface area contributed by atoms with Crippen LogP contribution >= 0.6 is 0 Å². The van der Waals surface area contributed by atoms with Crippen LogP contribution in [0.1, 0.15) is 33.6 Å². The largest absolute Gasteiger partial charge is 0.481 e. The molecule has 1 atom stereocenters. The third-order valence-electron chi connectivity index (χ3n) is 2.73. The van der Waals surface area contributed by atoms with Gasteiger partial charge in [-0.2, -0.15) is 0 Å². The van der Waals surface area contributed by atoms with E-state index in [4.69, 9.17) is 9.84 Å². The molecule has 110 valence electrons. The van der Waals surface area contributed by atoms with Crippen molar-refractivity contribution in [2.24, 2.45) is 5.92 Å². The summed E-state index contributed by atoms with van der Waals surface area (Å²) in [5.74, 6) is -5.67. The van der Waals surface area contributed by atoms with E-state index < -0.39 is 42.3 Å². The Morgan fingerprint density at radius 2 is 1.95 bits per heavy atom. The van der Waals surface area contributed by atoms with Crippen molar-refractivity contribution in [3.8, 4) is 0 Å². The van der Waals surface area contributed by atoms with Gasteiger partial charge in [-0.1, -0.05) is 0 Å². The number of nitrogens with zero attached hydrogens (tertiary/aromatic N) is 1. The zero-order chi connectivity index (χ0) is 14.8. The van der Waals surface area contributed by atoms with Crippen LogP contribution in [0.25, 0.3) is 0 Å². The highest BCUT2D eigenvalue weighted by molar-refractivity contribution is 5.73. The molecule has 1 amide bonds. The summed E-state index contributed by atoms with van der Waals surface area (Å²) in [5.41, 5.74) is -0.745. The zero-order valence-corrected chi connectivity index (χ0v) is 11.3. The van der Waals surface area contributed by atoms with Crippen molar-refractivity contribution >= 4 is 12.1 Å². The maximum absolute atomic E-state index is 13.4. The van der Waals surface area contributed by atoms with Crippen molar-refractivity contribution < 1.29 is 28.2 Å². The Labute approximate surface area is 110 Å².